The normalized spacial score (nSPS) is 56.8. The van der Waals surface area contributed by atoms with Crippen LogP contribution in [0.25, 0.3) is 0 Å². The number of rotatable bonds is 1. The standard InChI is InChI=1S/C31H50O3/c1-19-11-14-31(26(32)34-8)18-16-28(5)23(25(31)20(19)2)9-10-24-27(4)15-17-30(7,33)21(3)22(27)12-13-29(24,28)6/h9,19-22,24-25,33H,10-18H2,1-8H3/t19-,20+,21+,22+,24-,25+,27+,28-,29-,30+,31+/m1/s1. The maximum absolute atomic E-state index is 13.4. The summed E-state index contributed by atoms with van der Waals surface area (Å²) < 4.78 is 5.51. The van der Waals surface area contributed by atoms with E-state index in [2.05, 4.69) is 54.5 Å². The van der Waals surface area contributed by atoms with E-state index in [9.17, 15) is 9.90 Å². The summed E-state index contributed by atoms with van der Waals surface area (Å²) in [6, 6.07) is 0. The average molecular weight is 471 g/mol. The largest absolute Gasteiger partial charge is 0.469 e. The van der Waals surface area contributed by atoms with Crippen LogP contribution in [0.3, 0.4) is 0 Å². The number of methoxy groups -OCH3 is 1. The molecule has 0 aromatic carbocycles. The molecule has 0 bridgehead atoms. The van der Waals surface area contributed by atoms with Gasteiger partial charge in [0, 0.05) is 0 Å². The Morgan fingerprint density at radius 3 is 2.35 bits per heavy atom. The molecular weight excluding hydrogens is 420 g/mol. The summed E-state index contributed by atoms with van der Waals surface area (Å²) in [5.74, 6) is 3.11. The lowest BCUT2D eigenvalue weighted by Crippen LogP contribution is -2.65. The molecule has 0 aromatic heterocycles. The lowest BCUT2D eigenvalue weighted by molar-refractivity contribution is -0.203. The molecule has 34 heavy (non-hydrogen) atoms. The number of esters is 1. The van der Waals surface area contributed by atoms with E-state index in [-0.39, 0.29) is 27.6 Å². The number of ether oxygens (including phenoxy) is 1. The molecule has 5 rings (SSSR count). The van der Waals surface area contributed by atoms with E-state index in [1.54, 1.807) is 12.7 Å². The van der Waals surface area contributed by atoms with Gasteiger partial charge in [-0.05, 0) is 116 Å². The van der Waals surface area contributed by atoms with Gasteiger partial charge in [0.2, 0.25) is 0 Å². The van der Waals surface area contributed by atoms with Crippen molar-refractivity contribution in [2.24, 2.45) is 57.2 Å². The van der Waals surface area contributed by atoms with Crippen LogP contribution in [-0.4, -0.2) is 23.8 Å². The van der Waals surface area contributed by atoms with E-state index in [1.807, 2.05) is 0 Å². The maximum atomic E-state index is 13.4. The van der Waals surface area contributed by atoms with Crippen molar-refractivity contribution >= 4 is 5.97 Å². The van der Waals surface area contributed by atoms with Gasteiger partial charge in [-0.15, -0.1) is 0 Å². The minimum absolute atomic E-state index is 0.0467. The molecule has 0 saturated heterocycles. The van der Waals surface area contributed by atoms with Crippen LogP contribution in [0.2, 0.25) is 0 Å². The van der Waals surface area contributed by atoms with Gasteiger partial charge >= 0.3 is 5.97 Å². The molecule has 192 valence electrons. The van der Waals surface area contributed by atoms with Gasteiger partial charge in [-0.2, -0.15) is 0 Å². The van der Waals surface area contributed by atoms with Gasteiger partial charge in [0.1, 0.15) is 0 Å². The predicted octanol–water partition coefficient (Wildman–Crippen LogP) is 7.18. The van der Waals surface area contributed by atoms with Crippen LogP contribution >= 0.6 is 0 Å². The second-order valence-corrected chi connectivity index (χ2v) is 14.5. The second-order valence-electron chi connectivity index (χ2n) is 14.5. The Morgan fingerprint density at radius 2 is 1.68 bits per heavy atom. The first-order chi connectivity index (χ1) is 15.8. The Hall–Kier alpha value is -0.830. The number of fused-ring (bicyclic) bond motifs is 7. The zero-order valence-corrected chi connectivity index (χ0v) is 23.2. The van der Waals surface area contributed by atoms with Crippen LogP contribution in [0.15, 0.2) is 11.6 Å². The molecule has 0 aromatic rings. The highest BCUT2D eigenvalue weighted by Gasteiger charge is 2.69. The molecule has 1 N–H and O–H groups in total. The number of carbonyl (C=O) groups is 1. The fraction of sp³-hybridized carbons (Fsp3) is 0.903. The SMILES string of the molecule is COC(=O)[C@]12CC[C@@H](C)[C@H](C)[C@H]1C1=CC[C@@H]3[C@@]4(C)CC[C@](C)(O)[C@@H](C)[C@@H]4CC[C@@]3(C)[C@]1(C)CC2. The van der Waals surface area contributed by atoms with E-state index >= 15 is 0 Å². The fourth-order valence-corrected chi connectivity index (χ4v) is 10.8. The van der Waals surface area contributed by atoms with E-state index in [0.29, 0.717) is 35.5 Å². The van der Waals surface area contributed by atoms with Gasteiger partial charge in [0.25, 0.3) is 0 Å². The van der Waals surface area contributed by atoms with Crippen molar-refractivity contribution in [2.75, 3.05) is 7.11 Å². The number of hydrogen-bond donors (Lipinski definition) is 1. The van der Waals surface area contributed by atoms with Crippen LogP contribution in [0.5, 0.6) is 0 Å². The van der Waals surface area contributed by atoms with Crippen molar-refractivity contribution in [1.29, 1.82) is 0 Å². The fourth-order valence-electron chi connectivity index (χ4n) is 10.8. The summed E-state index contributed by atoms with van der Waals surface area (Å²) in [7, 11) is 1.60. The minimum Gasteiger partial charge on any atom is -0.469 e. The van der Waals surface area contributed by atoms with Crippen molar-refractivity contribution in [3.8, 4) is 0 Å². The summed E-state index contributed by atoms with van der Waals surface area (Å²) in [5, 5.41) is 11.1. The molecule has 5 aliphatic carbocycles. The van der Waals surface area contributed by atoms with Gasteiger partial charge in [-0.1, -0.05) is 53.2 Å². The maximum Gasteiger partial charge on any atom is 0.312 e. The highest BCUT2D eigenvalue weighted by molar-refractivity contribution is 5.78. The Bertz CT molecular complexity index is 889. The topological polar surface area (TPSA) is 46.5 Å². The Labute approximate surface area is 208 Å². The van der Waals surface area contributed by atoms with Crippen molar-refractivity contribution in [1.82, 2.24) is 0 Å². The average Bonchev–Trinajstić information content (AvgIpc) is 2.79. The summed E-state index contributed by atoms with van der Waals surface area (Å²) in [6.07, 6.45) is 12.5. The van der Waals surface area contributed by atoms with Crippen molar-refractivity contribution in [3.05, 3.63) is 11.6 Å². The lowest BCUT2D eigenvalue weighted by atomic mass is 9.34. The highest BCUT2D eigenvalue weighted by atomic mass is 16.5. The molecule has 0 aliphatic heterocycles. The highest BCUT2D eigenvalue weighted by Crippen LogP contribution is 2.75. The molecule has 0 unspecified atom stereocenters. The molecular formula is C31H50O3. The van der Waals surface area contributed by atoms with Crippen LogP contribution in [-0.2, 0) is 9.53 Å². The van der Waals surface area contributed by atoms with E-state index < -0.39 is 5.60 Å². The molecule has 4 fully saturated rings. The predicted molar refractivity (Wildman–Crippen MR) is 137 cm³/mol. The van der Waals surface area contributed by atoms with E-state index in [1.165, 1.54) is 12.8 Å². The Balaban J connectivity index is 1.60. The minimum atomic E-state index is -0.532. The number of carbonyl (C=O) groups excluding carboxylic acids is 1. The number of hydrogen-bond acceptors (Lipinski definition) is 3. The molecule has 0 radical (unpaired) electrons. The monoisotopic (exact) mass is 470 g/mol. The Morgan fingerprint density at radius 1 is 0.971 bits per heavy atom. The summed E-state index contributed by atoms with van der Waals surface area (Å²) >= 11 is 0. The summed E-state index contributed by atoms with van der Waals surface area (Å²) in [4.78, 5) is 13.4. The molecule has 0 heterocycles. The summed E-state index contributed by atoms with van der Waals surface area (Å²) in [5.41, 5.74) is 1.42. The molecule has 3 nitrogen and oxygen atoms in total. The third-order valence-electron chi connectivity index (χ3n) is 13.7. The molecule has 5 aliphatic rings. The van der Waals surface area contributed by atoms with Crippen LogP contribution in [0.4, 0.5) is 0 Å². The third kappa shape index (κ3) is 2.88. The van der Waals surface area contributed by atoms with E-state index in [4.69, 9.17) is 4.74 Å². The summed E-state index contributed by atoms with van der Waals surface area (Å²) in [6.45, 7) is 17.0. The first-order valence-corrected chi connectivity index (χ1v) is 14.3. The van der Waals surface area contributed by atoms with Crippen LogP contribution < -0.4 is 0 Å². The first kappa shape index (κ1) is 24.8. The number of aliphatic hydroxyl groups is 1. The smallest absolute Gasteiger partial charge is 0.312 e. The first-order valence-electron chi connectivity index (χ1n) is 14.3. The molecule has 0 amide bonds. The quantitative estimate of drug-likeness (QED) is 0.326. The zero-order chi connectivity index (χ0) is 24.9. The second kappa shape index (κ2) is 7.59. The molecule has 4 saturated carbocycles. The van der Waals surface area contributed by atoms with Gasteiger partial charge < -0.3 is 9.84 Å². The number of allylic oxidation sites excluding steroid dienone is 2. The van der Waals surface area contributed by atoms with Crippen LogP contribution in [0, 0.1) is 57.2 Å². The van der Waals surface area contributed by atoms with Crippen LogP contribution in [0.1, 0.15) is 106 Å². The van der Waals surface area contributed by atoms with Crippen molar-refractivity contribution in [2.45, 2.75) is 112 Å². The zero-order valence-electron chi connectivity index (χ0n) is 23.2. The molecule has 3 heteroatoms. The van der Waals surface area contributed by atoms with Gasteiger partial charge in [-0.25, -0.2) is 0 Å². The third-order valence-corrected chi connectivity index (χ3v) is 13.7. The lowest BCUT2D eigenvalue weighted by Gasteiger charge is -2.70. The Kier molecular flexibility index (Phi) is 5.55. The molecule has 0 spiro atoms. The molecule has 11 atom stereocenters. The van der Waals surface area contributed by atoms with Gasteiger partial charge in [0.05, 0.1) is 18.1 Å². The van der Waals surface area contributed by atoms with Crippen molar-refractivity contribution < 1.29 is 14.6 Å². The van der Waals surface area contributed by atoms with E-state index in [0.717, 1.165) is 44.9 Å². The van der Waals surface area contributed by atoms with Gasteiger partial charge in [0.15, 0.2) is 0 Å². The van der Waals surface area contributed by atoms with Crippen molar-refractivity contribution in [3.63, 3.8) is 0 Å². The van der Waals surface area contributed by atoms with Gasteiger partial charge in [-0.3, -0.25) is 4.79 Å².